The topological polar surface area (TPSA) is 39.4 Å². The summed E-state index contributed by atoms with van der Waals surface area (Å²) >= 11 is 7.08. The lowest BCUT2D eigenvalue weighted by atomic mass is 10.1. The number of carbonyl (C=O) groups excluding carboxylic acids is 1. The van der Waals surface area contributed by atoms with Crippen LogP contribution in [0.4, 0.5) is 0 Å². The van der Waals surface area contributed by atoms with Crippen LogP contribution < -0.4 is 0 Å². The minimum absolute atomic E-state index is 0.0127. The quantitative estimate of drug-likeness (QED) is 0.218. The van der Waals surface area contributed by atoms with Gasteiger partial charge < -0.3 is 9.15 Å². The Labute approximate surface area is 159 Å². The van der Waals surface area contributed by atoms with Gasteiger partial charge in [-0.3, -0.25) is 4.79 Å². The van der Waals surface area contributed by atoms with E-state index >= 15 is 0 Å². The van der Waals surface area contributed by atoms with Crippen molar-refractivity contribution in [1.82, 2.24) is 0 Å². The molecule has 3 nitrogen and oxygen atoms in total. The highest BCUT2D eigenvalue weighted by molar-refractivity contribution is 8.00. The Kier molecular flexibility index (Phi) is 7.97. The predicted molar refractivity (Wildman–Crippen MR) is 107 cm³/mol. The Morgan fingerprint density at radius 2 is 2.04 bits per heavy atom. The van der Waals surface area contributed by atoms with Gasteiger partial charge in [0.1, 0.15) is 5.58 Å². The molecular formula is C20H26O3S2. The second-order valence-corrected chi connectivity index (χ2v) is 7.94. The summed E-state index contributed by atoms with van der Waals surface area (Å²) in [6, 6.07) is 9.92. The van der Waals surface area contributed by atoms with Gasteiger partial charge in [-0.25, -0.2) is 0 Å². The third-order valence-corrected chi connectivity index (χ3v) is 5.99. The third-order valence-electron chi connectivity index (χ3n) is 4.29. The molecule has 0 N–H and O–H groups in total. The fourth-order valence-corrected chi connectivity index (χ4v) is 4.06. The van der Waals surface area contributed by atoms with Gasteiger partial charge in [-0.05, 0) is 44.0 Å². The van der Waals surface area contributed by atoms with Crippen molar-refractivity contribution in [2.45, 2.75) is 56.6 Å². The molecule has 0 fully saturated rings. The average Bonchev–Trinajstić information content (AvgIpc) is 2.62. The largest absolute Gasteiger partial charge is 0.465 e. The first kappa shape index (κ1) is 20.0. The fourth-order valence-electron chi connectivity index (χ4n) is 2.50. The first-order valence-corrected chi connectivity index (χ1v) is 10.2. The number of para-hydroxylation sites is 1. The van der Waals surface area contributed by atoms with Crippen LogP contribution in [0.15, 0.2) is 39.6 Å². The van der Waals surface area contributed by atoms with Crippen molar-refractivity contribution in [3.63, 3.8) is 0 Å². The number of fused-ring (bicyclic) bond motifs is 1. The first-order chi connectivity index (χ1) is 12.0. The summed E-state index contributed by atoms with van der Waals surface area (Å²) in [6.45, 7) is 6.59. The van der Waals surface area contributed by atoms with E-state index in [0.717, 1.165) is 41.5 Å². The SMILES string of the molecule is CCC(CCCOC(=O)C(C)CC)Sc1cc(=S)oc2ccccc12. The Bertz CT molecular complexity index is 754. The van der Waals surface area contributed by atoms with Crippen LogP contribution in [0.2, 0.25) is 0 Å². The Hall–Kier alpha value is -1.33. The zero-order valence-corrected chi connectivity index (χ0v) is 16.8. The molecule has 2 aromatic rings. The summed E-state index contributed by atoms with van der Waals surface area (Å²) in [4.78, 5) is 12.9. The summed E-state index contributed by atoms with van der Waals surface area (Å²) in [5.41, 5.74) is 0.829. The first-order valence-electron chi connectivity index (χ1n) is 8.91. The summed E-state index contributed by atoms with van der Waals surface area (Å²) in [5.74, 6) is -0.101. The fraction of sp³-hybridized carbons (Fsp3) is 0.500. The van der Waals surface area contributed by atoms with Crippen LogP contribution in [0.5, 0.6) is 0 Å². The number of carbonyl (C=O) groups is 1. The molecule has 0 radical (unpaired) electrons. The molecule has 2 atom stereocenters. The molecule has 0 aliphatic heterocycles. The van der Waals surface area contributed by atoms with E-state index in [1.165, 1.54) is 0 Å². The standard InChI is InChI=1S/C20H26O3S2/c1-4-14(3)20(21)22-12-8-9-15(5-2)25-18-13-19(24)23-17-11-7-6-10-16(17)18/h6-7,10-11,13-15H,4-5,8-9,12H2,1-3H3. The molecule has 2 unspecified atom stereocenters. The van der Waals surface area contributed by atoms with E-state index < -0.39 is 0 Å². The van der Waals surface area contributed by atoms with Crippen LogP contribution >= 0.6 is 24.0 Å². The van der Waals surface area contributed by atoms with Gasteiger partial charge in [-0.15, -0.1) is 11.8 Å². The second-order valence-electron chi connectivity index (χ2n) is 6.19. The highest BCUT2D eigenvalue weighted by Gasteiger charge is 2.14. The number of rotatable bonds is 9. The van der Waals surface area contributed by atoms with Crippen molar-refractivity contribution in [2.24, 2.45) is 5.92 Å². The number of hydrogen-bond acceptors (Lipinski definition) is 5. The van der Waals surface area contributed by atoms with Crippen LogP contribution in [0.25, 0.3) is 11.0 Å². The lowest BCUT2D eigenvalue weighted by Gasteiger charge is -2.16. The molecule has 136 valence electrons. The van der Waals surface area contributed by atoms with Crippen LogP contribution in [0.3, 0.4) is 0 Å². The minimum atomic E-state index is -0.0883. The van der Waals surface area contributed by atoms with E-state index in [1.54, 1.807) is 0 Å². The lowest BCUT2D eigenvalue weighted by Crippen LogP contribution is -2.15. The maximum Gasteiger partial charge on any atom is 0.308 e. The van der Waals surface area contributed by atoms with Gasteiger partial charge in [0.15, 0.2) is 4.71 Å². The number of benzene rings is 1. The molecule has 0 spiro atoms. The Morgan fingerprint density at radius 1 is 1.28 bits per heavy atom. The van der Waals surface area contributed by atoms with Gasteiger partial charge in [-0.2, -0.15) is 0 Å². The summed E-state index contributed by atoms with van der Waals surface area (Å²) < 4.78 is 11.5. The average molecular weight is 379 g/mol. The van der Waals surface area contributed by atoms with Crippen LogP contribution in [0.1, 0.15) is 46.5 Å². The number of hydrogen-bond donors (Lipinski definition) is 0. The van der Waals surface area contributed by atoms with Gasteiger partial charge in [0.25, 0.3) is 0 Å². The zero-order valence-electron chi connectivity index (χ0n) is 15.1. The van der Waals surface area contributed by atoms with E-state index in [2.05, 4.69) is 13.0 Å². The molecule has 1 aromatic carbocycles. The van der Waals surface area contributed by atoms with Gasteiger partial charge in [0.05, 0.1) is 12.5 Å². The normalized spacial score (nSPS) is 13.6. The molecule has 0 amide bonds. The summed E-state index contributed by atoms with van der Waals surface area (Å²) in [5, 5.41) is 1.56. The summed E-state index contributed by atoms with van der Waals surface area (Å²) in [7, 11) is 0. The molecule has 0 aliphatic carbocycles. The van der Waals surface area contributed by atoms with Crippen molar-refractivity contribution in [1.29, 1.82) is 0 Å². The zero-order chi connectivity index (χ0) is 18.2. The van der Waals surface area contributed by atoms with Gasteiger partial charge >= 0.3 is 5.97 Å². The van der Waals surface area contributed by atoms with Crippen molar-refractivity contribution < 1.29 is 13.9 Å². The van der Waals surface area contributed by atoms with E-state index in [-0.39, 0.29) is 11.9 Å². The van der Waals surface area contributed by atoms with Gasteiger partial charge in [0, 0.05) is 21.6 Å². The number of ether oxygens (including phenoxy) is 1. The van der Waals surface area contributed by atoms with Gasteiger partial charge in [0.2, 0.25) is 0 Å². The molecular weight excluding hydrogens is 352 g/mol. The highest BCUT2D eigenvalue weighted by atomic mass is 32.2. The highest BCUT2D eigenvalue weighted by Crippen LogP contribution is 2.34. The predicted octanol–water partition coefficient (Wildman–Crippen LogP) is 6.40. The van der Waals surface area contributed by atoms with E-state index in [1.807, 2.05) is 49.9 Å². The maximum absolute atomic E-state index is 11.7. The second kappa shape index (κ2) is 9.97. The van der Waals surface area contributed by atoms with E-state index in [4.69, 9.17) is 21.4 Å². The molecule has 2 rings (SSSR count). The van der Waals surface area contributed by atoms with Crippen molar-refractivity contribution in [3.8, 4) is 0 Å². The molecule has 25 heavy (non-hydrogen) atoms. The minimum Gasteiger partial charge on any atom is -0.465 e. The Balaban J connectivity index is 1.94. The van der Waals surface area contributed by atoms with E-state index in [9.17, 15) is 4.79 Å². The number of esters is 1. The van der Waals surface area contributed by atoms with Crippen LogP contribution in [-0.2, 0) is 9.53 Å². The van der Waals surface area contributed by atoms with Gasteiger partial charge in [-0.1, -0.05) is 39.0 Å². The molecule has 5 heteroatoms. The molecule has 0 saturated carbocycles. The molecule has 0 aliphatic rings. The van der Waals surface area contributed by atoms with Crippen LogP contribution in [-0.4, -0.2) is 17.8 Å². The monoisotopic (exact) mass is 378 g/mol. The van der Waals surface area contributed by atoms with E-state index in [0.29, 0.717) is 16.6 Å². The number of thioether (sulfide) groups is 1. The maximum atomic E-state index is 11.7. The lowest BCUT2D eigenvalue weighted by molar-refractivity contribution is -0.148. The molecule has 1 aromatic heterocycles. The molecule has 1 heterocycles. The van der Waals surface area contributed by atoms with Crippen LogP contribution in [0, 0.1) is 10.6 Å². The molecule has 0 saturated heterocycles. The van der Waals surface area contributed by atoms with Crippen molar-refractivity contribution in [3.05, 3.63) is 35.0 Å². The summed E-state index contributed by atoms with van der Waals surface area (Å²) in [6.07, 6.45) is 3.75. The Morgan fingerprint density at radius 3 is 2.76 bits per heavy atom. The third kappa shape index (κ3) is 5.86. The van der Waals surface area contributed by atoms with Crippen molar-refractivity contribution in [2.75, 3.05) is 6.61 Å². The smallest absolute Gasteiger partial charge is 0.308 e. The van der Waals surface area contributed by atoms with Crippen molar-refractivity contribution >= 4 is 40.9 Å². The molecule has 0 bridgehead atoms.